The fourth-order valence-corrected chi connectivity index (χ4v) is 6.22. The number of pyridine rings is 1. The van der Waals surface area contributed by atoms with Crippen LogP contribution < -0.4 is 14.4 Å². The molecule has 9 nitrogen and oxygen atoms in total. The number of thioether (sulfide) groups is 1. The average molecular weight is 593 g/mol. The van der Waals surface area contributed by atoms with Crippen molar-refractivity contribution in [1.29, 1.82) is 0 Å². The van der Waals surface area contributed by atoms with Gasteiger partial charge in [-0.2, -0.15) is 0 Å². The Balaban J connectivity index is 1.58. The van der Waals surface area contributed by atoms with E-state index in [1.54, 1.807) is 48.5 Å². The van der Waals surface area contributed by atoms with Gasteiger partial charge in [-0.1, -0.05) is 47.4 Å². The predicted octanol–water partition coefficient (Wildman–Crippen LogP) is 5.79. The molecule has 1 aliphatic heterocycles. The first kappa shape index (κ1) is 28.2. The lowest BCUT2D eigenvalue weighted by molar-refractivity contribution is -0.132. The number of amides is 1. The van der Waals surface area contributed by atoms with Crippen LogP contribution in [0.25, 0.3) is 5.76 Å². The summed E-state index contributed by atoms with van der Waals surface area (Å²) >= 11 is 2.36. The molecule has 3 heterocycles. The van der Waals surface area contributed by atoms with Crippen molar-refractivity contribution >= 4 is 45.7 Å². The third-order valence-electron chi connectivity index (χ3n) is 6.19. The second-order valence-corrected chi connectivity index (χ2v) is 10.9. The monoisotopic (exact) mass is 592 g/mol. The molecule has 0 saturated carbocycles. The van der Waals surface area contributed by atoms with Gasteiger partial charge in [-0.15, -0.1) is 10.2 Å². The van der Waals surface area contributed by atoms with Gasteiger partial charge in [0.05, 0.1) is 24.8 Å². The van der Waals surface area contributed by atoms with Crippen molar-refractivity contribution in [3.05, 3.63) is 95.1 Å². The van der Waals surface area contributed by atoms with Crippen LogP contribution in [-0.4, -0.2) is 45.2 Å². The van der Waals surface area contributed by atoms with Crippen molar-refractivity contribution in [2.45, 2.75) is 30.0 Å². The fourth-order valence-electron chi connectivity index (χ4n) is 4.36. The smallest absolute Gasteiger partial charge is 0.301 e. The number of rotatable bonds is 10. The number of halogens is 1. The molecule has 41 heavy (non-hydrogen) atoms. The Kier molecular flexibility index (Phi) is 8.60. The van der Waals surface area contributed by atoms with Crippen LogP contribution in [0.15, 0.2) is 76.9 Å². The fraction of sp³-hybridized carbons (Fsp3) is 0.207. The first-order valence-corrected chi connectivity index (χ1v) is 14.5. The number of nitrogens with zero attached hydrogens (tertiary/aromatic N) is 4. The van der Waals surface area contributed by atoms with Crippen LogP contribution in [0.5, 0.6) is 11.5 Å². The molecule has 0 aliphatic carbocycles. The molecular weight excluding hydrogens is 567 g/mol. The molecule has 1 saturated heterocycles. The molecule has 210 valence electrons. The first-order chi connectivity index (χ1) is 19.9. The second-order valence-electron chi connectivity index (χ2n) is 8.71. The van der Waals surface area contributed by atoms with Gasteiger partial charge in [0.15, 0.2) is 15.8 Å². The molecule has 2 aromatic heterocycles. The largest absolute Gasteiger partial charge is 0.507 e. The van der Waals surface area contributed by atoms with Crippen molar-refractivity contribution in [1.82, 2.24) is 15.2 Å². The average Bonchev–Trinajstić information content (AvgIpc) is 3.55. The normalized spacial score (nSPS) is 16.3. The molecular formula is C29H25FN4O5S2. The van der Waals surface area contributed by atoms with Crippen molar-refractivity contribution in [3.63, 3.8) is 0 Å². The summed E-state index contributed by atoms with van der Waals surface area (Å²) in [6, 6.07) is 13.6. The Morgan fingerprint density at radius 3 is 2.49 bits per heavy atom. The summed E-state index contributed by atoms with van der Waals surface area (Å²) in [5.74, 6) is -1.16. The van der Waals surface area contributed by atoms with Crippen molar-refractivity contribution < 1.29 is 28.6 Å². The minimum atomic E-state index is -1.03. The van der Waals surface area contributed by atoms with E-state index >= 15 is 0 Å². The van der Waals surface area contributed by atoms with E-state index in [1.807, 2.05) is 13.8 Å². The maximum absolute atomic E-state index is 14.1. The number of Topliss-reactive ketones (excluding diaryl/α,β-unsaturated/α-hetero) is 1. The molecule has 1 N–H and O–H groups in total. The number of hydrogen-bond donors (Lipinski definition) is 1. The zero-order valence-electron chi connectivity index (χ0n) is 22.1. The molecule has 12 heteroatoms. The van der Waals surface area contributed by atoms with Crippen LogP contribution in [0.2, 0.25) is 0 Å². The summed E-state index contributed by atoms with van der Waals surface area (Å²) in [5, 5.41) is 19.8. The van der Waals surface area contributed by atoms with Gasteiger partial charge >= 0.3 is 5.91 Å². The van der Waals surface area contributed by atoms with Gasteiger partial charge < -0.3 is 14.6 Å². The molecule has 0 radical (unpaired) electrons. The number of carbonyl (C=O) groups excluding carboxylic acids is 2. The van der Waals surface area contributed by atoms with Crippen LogP contribution in [-0.2, 0) is 15.3 Å². The van der Waals surface area contributed by atoms with Crippen LogP contribution >= 0.6 is 23.1 Å². The van der Waals surface area contributed by atoms with E-state index < -0.39 is 17.7 Å². The summed E-state index contributed by atoms with van der Waals surface area (Å²) in [6.45, 7) is 4.46. The second kappa shape index (κ2) is 12.5. The van der Waals surface area contributed by atoms with E-state index in [9.17, 15) is 19.1 Å². The van der Waals surface area contributed by atoms with E-state index in [1.165, 1.54) is 35.1 Å². The van der Waals surface area contributed by atoms with Crippen LogP contribution in [0, 0.1) is 5.82 Å². The Bertz CT molecular complexity index is 1610. The summed E-state index contributed by atoms with van der Waals surface area (Å²) in [7, 11) is 0. The summed E-state index contributed by atoms with van der Waals surface area (Å²) in [6.07, 6.45) is 2.96. The molecule has 2 aromatic carbocycles. The van der Waals surface area contributed by atoms with Crippen molar-refractivity contribution in [3.8, 4) is 11.5 Å². The number of aliphatic hydroxyl groups excluding tert-OH is 1. The lowest BCUT2D eigenvalue weighted by Gasteiger charge is -2.23. The lowest BCUT2D eigenvalue weighted by Crippen LogP contribution is -2.29. The Morgan fingerprint density at radius 2 is 1.76 bits per heavy atom. The maximum Gasteiger partial charge on any atom is 0.301 e. The molecule has 1 fully saturated rings. The van der Waals surface area contributed by atoms with E-state index in [4.69, 9.17) is 9.47 Å². The number of carbonyl (C=O) groups is 2. The molecule has 1 amide bonds. The number of ether oxygens (including phenoxy) is 2. The number of benzene rings is 2. The molecule has 0 bridgehead atoms. The van der Waals surface area contributed by atoms with Gasteiger partial charge in [-0.25, -0.2) is 4.39 Å². The van der Waals surface area contributed by atoms with Crippen LogP contribution in [0.3, 0.4) is 0 Å². The van der Waals surface area contributed by atoms with Gasteiger partial charge in [0.25, 0.3) is 5.78 Å². The first-order valence-electron chi connectivity index (χ1n) is 12.7. The summed E-state index contributed by atoms with van der Waals surface area (Å²) < 4.78 is 26.1. The lowest BCUT2D eigenvalue weighted by atomic mass is 9.95. The minimum Gasteiger partial charge on any atom is -0.507 e. The molecule has 5 rings (SSSR count). The van der Waals surface area contributed by atoms with E-state index in [2.05, 4.69) is 15.2 Å². The highest BCUT2D eigenvalue weighted by Crippen LogP contribution is 2.45. The summed E-state index contributed by atoms with van der Waals surface area (Å²) in [4.78, 5) is 32.1. The van der Waals surface area contributed by atoms with Gasteiger partial charge in [0.1, 0.15) is 11.6 Å². The highest BCUT2D eigenvalue weighted by atomic mass is 32.2. The maximum atomic E-state index is 14.1. The zero-order chi connectivity index (χ0) is 28.9. The SMILES string of the molecule is CCOc1ccc(C2/C(=C(\O)c3ccncc3)C(=O)C(=O)N2c2nnc(SCc3ccccc3F)s2)cc1OCC. The topological polar surface area (TPSA) is 115 Å². The molecule has 1 aliphatic rings. The molecule has 0 spiro atoms. The van der Waals surface area contributed by atoms with Crippen LogP contribution in [0.1, 0.15) is 36.6 Å². The van der Waals surface area contributed by atoms with Gasteiger partial charge in [-0.05, 0) is 55.3 Å². The van der Waals surface area contributed by atoms with E-state index in [-0.39, 0.29) is 22.3 Å². The zero-order valence-corrected chi connectivity index (χ0v) is 23.7. The van der Waals surface area contributed by atoms with Crippen molar-refractivity contribution in [2.75, 3.05) is 18.1 Å². The quantitative estimate of drug-likeness (QED) is 0.0804. The number of anilines is 1. The third-order valence-corrected chi connectivity index (χ3v) is 8.30. The predicted molar refractivity (Wildman–Crippen MR) is 154 cm³/mol. The third kappa shape index (κ3) is 5.79. The number of aliphatic hydroxyl groups is 1. The minimum absolute atomic E-state index is 0.108. The molecule has 4 aromatic rings. The number of ketones is 1. The Labute approximate surface area is 243 Å². The highest BCUT2D eigenvalue weighted by Gasteiger charge is 2.48. The number of hydrogen-bond acceptors (Lipinski definition) is 10. The molecule has 1 unspecified atom stereocenters. The Hall–Kier alpha value is -4.29. The van der Waals surface area contributed by atoms with E-state index in [0.717, 1.165) is 11.3 Å². The highest BCUT2D eigenvalue weighted by molar-refractivity contribution is 8.00. The van der Waals surface area contributed by atoms with Gasteiger partial charge in [0.2, 0.25) is 5.13 Å². The standard InChI is InChI=1S/C29H25FN4O5S2/c1-3-38-21-10-9-18(15-22(21)39-4-2)24-23(25(35)17-11-13-31-14-12-17)26(36)27(37)34(24)28-32-33-29(41-28)40-16-19-7-5-6-8-20(19)30/h5-15,24,35H,3-4,16H2,1-2H3/b25-23+. The van der Waals surface area contributed by atoms with Crippen molar-refractivity contribution in [2.24, 2.45) is 0 Å². The summed E-state index contributed by atoms with van der Waals surface area (Å²) in [5.41, 5.74) is 1.23. The molecule has 1 atom stereocenters. The van der Waals surface area contributed by atoms with E-state index in [0.29, 0.717) is 51.5 Å². The number of aromatic nitrogens is 3. The Morgan fingerprint density at radius 1 is 1.02 bits per heavy atom. The van der Waals surface area contributed by atoms with Gasteiger partial charge in [0, 0.05) is 23.7 Å². The van der Waals surface area contributed by atoms with Gasteiger partial charge in [-0.3, -0.25) is 19.5 Å². The van der Waals surface area contributed by atoms with Crippen LogP contribution in [0.4, 0.5) is 9.52 Å².